The summed E-state index contributed by atoms with van der Waals surface area (Å²) < 4.78 is 11.1. The number of nitrogens with one attached hydrogen (secondary N) is 1. The molecule has 0 radical (unpaired) electrons. The van der Waals surface area contributed by atoms with E-state index in [2.05, 4.69) is 46.6 Å². The topological polar surface area (TPSA) is 50.8 Å². The fraction of sp³-hybridized carbons (Fsp3) is 0.296. The van der Waals surface area contributed by atoms with Crippen molar-refractivity contribution in [2.75, 3.05) is 27.3 Å². The van der Waals surface area contributed by atoms with Gasteiger partial charge in [-0.3, -0.25) is 9.69 Å². The van der Waals surface area contributed by atoms with Crippen molar-refractivity contribution >= 4 is 5.91 Å². The second kappa shape index (κ2) is 9.88. The largest absolute Gasteiger partial charge is 0.493 e. The van der Waals surface area contributed by atoms with Gasteiger partial charge in [-0.05, 0) is 53.8 Å². The van der Waals surface area contributed by atoms with Crippen LogP contribution in [0.3, 0.4) is 0 Å². The third kappa shape index (κ3) is 4.63. The van der Waals surface area contributed by atoms with E-state index < -0.39 is 0 Å². The Labute approximate surface area is 190 Å². The number of hydrogen-bond acceptors (Lipinski definition) is 4. The minimum Gasteiger partial charge on any atom is -0.493 e. The minimum absolute atomic E-state index is 0.0340. The van der Waals surface area contributed by atoms with E-state index in [1.807, 2.05) is 37.3 Å². The first-order valence-electron chi connectivity index (χ1n) is 11.0. The van der Waals surface area contributed by atoms with E-state index in [1.54, 1.807) is 14.2 Å². The van der Waals surface area contributed by atoms with E-state index >= 15 is 0 Å². The number of rotatable bonds is 7. The lowest BCUT2D eigenvalue weighted by atomic mass is 9.91. The Morgan fingerprint density at radius 3 is 2.41 bits per heavy atom. The monoisotopic (exact) mass is 430 g/mol. The number of aryl methyl sites for hydroxylation is 1. The normalized spacial score (nSPS) is 15.7. The van der Waals surface area contributed by atoms with Gasteiger partial charge in [-0.15, -0.1) is 0 Å². The van der Waals surface area contributed by atoms with Crippen LogP contribution >= 0.6 is 0 Å². The predicted molar refractivity (Wildman–Crippen MR) is 126 cm³/mol. The van der Waals surface area contributed by atoms with Gasteiger partial charge in [0.05, 0.1) is 20.3 Å². The van der Waals surface area contributed by atoms with Crippen molar-refractivity contribution < 1.29 is 14.3 Å². The van der Waals surface area contributed by atoms with Crippen LogP contribution < -0.4 is 14.8 Å². The van der Waals surface area contributed by atoms with Gasteiger partial charge < -0.3 is 14.8 Å². The quantitative estimate of drug-likeness (QED) is 0.598. The molecule has 0 aromatic heterocycles. The predicted octanol–water partition coefficient (Wildman–Crippen LogP) is 4.54. The van der Waals surface area contributed by atoms with Crippen molar-refractivity contribution in [2.24, 2.45) is 0 Å². The fourth-order valence-electron chi connectivity index (χ4n) is 4.44. The number of carbonyl (C=O) groups is 1. The lowest BCUT2D eigenvalue weighted by molar-refractivity contribution is 0.0925. The molecule has 1 N–H and O–H groups in total. The highest BCUT2D eigenvalue weighted by Crippen LogP contribution is 2.38. The molecule has 0 aliphatic carbocycles. The number of amides is 1. The molecule has 0 saturated carbocycles. The Hall–Kier alpha value is -3.31. The number of nitrogens with zero attached hydrogens (tertiary/aromatic N) is 1. The van der Waals surface area contributed by atoms with Crippen LogP contribution in [-0.4, -0.2) is 38.1 Å². The molecule has 3 aromatic carbocycles. The van der Waals surface area contributed by atoms with Crippen LogP contribution in [0.15, 0.2) is 66.7 Å². The summed E-state index contributed by atoms with van der Waals surface area (Å²) in [5, 5.41) is 3.18. The second-order valence-electron chi connectivity index (χ2n) is 8.15. The first-order chi connectivity index (χ1) is 15.6. The highest BCUT2D eigenvalue weighted by atomic mass is 16.5. The van der Waals surface area contributed by atoms with E-state index in [1.165, 1.54) is 16.7 Å². The van der Waals surface area contributed by atoms with Gasteiger partial charge >= 0.3 is 0 Å². The van der Waals surface area contributed by atoms with Gasteiger partial charge in [-0.25, -0.2) is 0 Å². The first kappa shape index (κ1) is 21.9. The van der Waals surface area contributed by atoms with E-state index in [4.69, 9.17) is 9.47 Å². The van der Waals surface area contributed by atoms with Crippen molar-refractivity contribution in [2.45, 2.75) is 25.9 Å². The molecule has 1 unspecified atom stereocenters. The van der Waals surface area contributed by atoms with Gasteiger partial charge in [-0.1, -0.05) is 48.5 Å². The Balaban J connectivity index is 1.63. The molecular formula is C27H30N2O3. The minimum atomic E-state index is -0.0460. The molecule has 0 saturated heterocycles. The first-order valence-corrected chi connectivity index (χ1v) is 11.0. The zero-order chi connectivity index (χ0) is 22.5. The van der Waals surface area contributed by atoms with Crippen molar-refractivity contribution in [1.29, 1.82) is 0 Å². The molecule has 3 aromatic rings. The van der Waals surface area contributed by atoms with Crippen LogP contribution in [0.2, 0.25) is 0 Å². The zero-order valence-corrected chi connectivity index (χ0v) is 18.9. The van der Waals surface area contributed by atoms with Gasteiger partial charge in [0, 0.05) is 25.2 Å². The lowest BCUT2D eigenvalue weighted by Crippen LogP contribution is -2.42. The smallest absolute Gasteiger partial charge is 0.251 e. The van der Waals surface area contributed by atoms with Gasteiger partial charge in [0.2, 0.25) is 0 Å². The maximum atomic E-state index is 12.9. The third-order valence-corrected chi connectivity index (χ3v) is 6.19. The van der Waals surface area contributed by atoms with Crippen molar-refractivity contribution in [1.82, 2.24) is 10.2 Å². The maximum absolute atomic E-state index is 12.9. The molecule has 0 spiro atoms. The number of benzene rings is 3. The lowest BCUT2D eigenvalue weighted by Gasteiger charge is -2.38. The van der Waals surface area contributed by atoms with Crippen LogP contribution in [0.4, 0.5) is 0 Å². The molecule has 5 nitrogen and oxygen atoms in total. The van der Waals surface area contributed by atoms with E-state index in [0.29, 0.717) is 17.9 Å². The SMILES string of the molecule is COc1cc2c(cc1OC)C(CNC(=O)c1ccccc1C)N(Cc1ccccc1)CC2. The van der Waals surface area contributed by atoms with Crippen molar-refractivity contribution in [3.8, 4) is 11.5 Å². The second-order valence-corrected chi connectivity index (χ2v) is 8.15. The number of fused-ring (bicyclic) bond motifs is 1. The molecule has 1 atom stereocenters. The van der Waals surface area contributed by atoms with Gasteiger partial charge in [0.25, 0.3) is 5.91 Å². The van der Waals surface area contributed by atoms with Crippen LogP contribution in [-0.2, 0) is 13.0 Å². The van der Waals surface area contributed by atoms with Gasteiger partial charge in [0.1, 0.15) is 0 Å². The molecule has 166 valence electrons. The molecule has 1 heterocycles. The van der Waals surface area contributed by atoms with E-state index in [-0.39, 0.29) is 11.9 Å². The molecule has 0 fully saturated rings. The Bertz CT molecular complexity index is 1080. The third-order valence-electron chi connectivity index (χ3n) is 6.19. The molecular weight excluding hydrogens is 400 g/mol. The van der Waals surface area contributed by atoms with Crippen LogP contribution in [0.25, 0.3) is 0 Å². The molecule has 1 aliphatic heterocycles. The number of ether oxygens (including phenoxy) is 2. The van der Waals surface area contributed by atoms with Crippen molar-refractivity contribution in [3.05, 3.63) is 94.5 Å². The fourth-order valence-corrected chi connectivity index (χ4v) is 4.44. The summed E-state index contributed by atoms with van der Waals surface area (Å²) in [6, 6.07) is 22.3. The van der Waals surface area contributed by atoms with Gasteiger partial charge in [0.15, 0.2) is 11.5 Å². The molecule has 1 aliphatic rings. The summed E-state index contributed by atoms with van der Waals surface area (Å²) in [6.07, 6.45) is 0.921. The Morgan fingerprint density at radius 1 is 1.00 bits per heavy atom. The van der Waals surface area contributed by atoms with Crippen LogP contribution in [0.5, 0.6) is 11.5 Å². The van der Waals surface area contributed by atoms with Crippen LogP contribution in [0, 0.1) is 6.92 Å². The molecule has 32 heavy (non-hydrogen) atoms. The number of hydrogen-bond donors (Lipinski definition) is 1. The summed E-state index contributed by atoms with van der Waals surface area (Å²) in [5.74, 6) is 1.41. The Kier molecular flexibility index (Phi) is 6.76. The Morgan fingerprint density at radius 2 is 1.69 bits per heavy atom. The highest BCUT2D eigenvalue weighted by Gasteiger charge is 2.29. The molecule has 1 amide bonds. The summed E-state index contributed by atoms with van der Waals surface area (Å²) >= 11 is 0. The standard InChI is InChI=1S/C27H30N2O3/c1-19-9-7-8-12-22(19)27(30)28-17-24-23-16-26(32-3)25(31-2)15-21(23)13-14-29(24)18-20-10-5-4-6-11-20/h4-12,15-16,24H,13-14,17-18H2,1-3H3,(H,28,30). The van der Waals surface area contributed by atoms with Crippen molar-refractivity contribution in [3.63, 3.8) is 0 Å². The molecule has 4 rings (SSSR count). The van der Waals surface area contributed by atoms with Gasteiger partial charge in [-0.2, -0.15) is 0 Å². The van der Waals surface area contributed by atoms with E-state index in [9.17, 15) is 4.79 Å². The summed E-state index contributed by atoms with van der Waals surface area (Å²) in [4.78, 5) is 15.4. The molecule has 0 bridgehead atoms. The summed E-state index contributed by atoms with van der Waals surface area (Å²) in [7, 11) is 3.32. The summed E-state index contributed by atoms with van der Waals surface area (Å²) in [5.41, 5.74) is 5.36. The number of methoxy groups -OCH3 is 2. The van der Waals surface area contributed by atoms with Crippen LogP contribution in [0.1, 0.15) is 38.7 Å². The average molecular weight is 431 g/mol. The maximum Gasteiger partial charge on any atom is 0.251 e. The zero-order valence-electron chi connectivity index (χ0n) is 18.9. The van der Waals surface area contributed by atoms with E-state index in [0.717, 1.165) is 30.8 Å². The summed E-state index contributed by atoms with van der Waals surface area (Å²) in [6.45, 7) is 4.20. The highest BCUT2D eigenvalue weighted by molar-refractivity contribution is 5.95. The average Bonchev–Trinajstić information content (AvgIpc) is 2.83. The molecule has 5 heteroatoms. The number of carbonyl (C=O) groups excluding carboxylic acids is 1.